The van der Waals surface area contributed by atoms with E-state index in [0.717, 1.165) is 0 Å². The number of carbonyl (C=O) groups is 3. The number of Topliss-reactive ketones (excluding diaryl/α,β-unsaturated/α-hetero) is 1. The number of nitrogens with one attached hydrogen (secondary N) is 1. The summed E-state index contributed by atoms with van der Waals surface area (Å²) in [4.78, 5) is 41.1. The van der Waals surface area contributed by atoms with Gasteiger partial charge in [-0.25, -0.2) is 9.78 Å². The molecule has 0 fully saturated rings. The monoisotopic (exact) mass is 364 g/mol. The Morgan fingerprint density at radius 1 is 1.00 bits per heavy atom. The normalized spacial score (nSPS) is 11.9. The Hall–Kier alpha value is -3.28. The van der Waals surface area contributed by atoms with Crippen LogP contribution in [0.1, 0.15) is 30.1 Å². The molecule has 0 radical (unpaired) electrons. The minimum absolute atomic E-state index is 0.0574. The van der Waals surface area contributed by atoms with Crippen molar-refractivity contribution in [2.45, 2.75) is 25.8 Å². The molecule has 0 aliphatic heterocycles. The summed E-state index contributed by atoms with van der Waals surface area (Å²) >= 11 is 0. The van der Waals surface area contributed by atoms with Crippen LogP contribution in [0.25, 0.3) is 21.8 Å². The molecular formula is C21H20N2O4. The predicted molar refractivity (Wildman–Crippen MR) is 102 cm³/mol. The van der Waals surface area contributed by atoms with Gasteiger partial charge in [0.15, 0.2) is 0 Å². The second-order valence-electron chi connectivity index (χ2n) is 6.31. The Bertz CT molecular complexity index is 975. The standard InChI is InChI=1S/C21H20N2O4/c1-13(24)11-12-18(21(26)27-2)23-20(25)19-14-7-3-5-9-16(14)22-17-10-6-4-8-15(17)19/h3-10,18H,11-12H2,1-2H3,(H,23,25)/t18-/m0/s1. The summed E-state index contributed by atoms with van der Waals surface area (Å²) in [6.07, 6.45) is 0.368. The van der Waals surface area contributed by atoms with Gasteiger partial charge in [0, 0.05) is 17.2 Å². The highest BCUT2D eigenvalue weighted by Gasteiger charge is 2.24. The van der Waals surface area contributed by atoms with Crippen LogP contribution >= 0.6 is 0 Å². The number of fused-ring (bicyclic) bond motifs is 2. The van der Waals surface area contributed by atoms with E-state index < -0.39 is 17.9 Å². The van der Waals surface area contributed by atoms with E-state index >= 15 is 0 Å². The number of methoxy groups -OCH3 is 1. The fourth-order valence-electron chi connectivity index (χ4n) is 3.05. The van der Waals surface area contributed by atoms with Crippen molar-refractivity contribution >= 4 is 39.5 Å². The molecule has 6 heteroatoms. The SMILES string of the molecule is COC(=O)[C@H](CCC(C)=O)NC(=O)c1c2ccccc2nc2ccccc12. The van der Waals surface area contributed by atoms with Gasteiger partial charge < -0.3 is 14.8 Å². The van der Waals surface area contributed by atoms with Gasteiger partial charge in [-0.05, 0) is 25.5 Å². The number of ketones is 1. The molecule has 1 amide bonds. The number of benzene rings is 2. The molecule has 3 rings (SSSR count). The number of amides is 1. The van der Waals surface area contributed by atoms with Gasteiger partial charge >= 0.3 is 5.97 Å². The Morgan fingerprint density at radius 3 is 2.07 bits per heavy atom. The number of pyridine rings is 1. The molecule has 2 aromatic carbocycles. The average molecular weight is 364 g/mol. The fourth-order valence-corrected chi connectivity index (χ4v) is 3.05. The first kappa shape index (κ1) is 18.5. The lowest BCUT2D eigenvalue weighted by atomic mass is 10.0. The Kier molecular flexibility index (Phi) is 5.45. The van der Waals surface area contributed by atoms with E-state index in [1.807, 2.05) is 48.5 Å². The lowest BCUT2D eigenvalue weighted by Crippen LogP contribution is -2.42. The van der Waals surface area contributed by atoms with Crippen LogP contribution < -0.4 is 5.32 Å². The summed E-state index contributed by atoms with van der Waals surface area (Å²) in [5.41, 5.74) is 1.84. The van der Waals surface area contributed by atoms with E-state index in [2.05, 4.69) is 10.3 Å². The molecule has 0 saturated heterocycles. The van der Waals surface area contributed by atoms with Gasteiger partial charge in [0.25, 0.3) is 5.91 Å². The molecule has 1 N–H and O–H groups in total. The third-order valence-corrected chi connectivity index (χ3v) is 4.39. The van der Waals surface area contributed by atoms with Crippen LogP contribution in [0.4, 0.5) is 0 Å². The van der Waals surface area contributed by atoms with E-state index in [-0.39, 0.29) is 18.6 Å². The number of hydrogen-bond acceptors (Lipinski definition) is 5. The number of rotatable bonds is 6. The van der Waals surface area contributed by atoms with Crippen molar-refractivity contribution in [1.29, 1.82) is 0 Å². The highest BCUT2D eigenvalue weighted by molar-refractivity contribution is 6.16. The first-order valence-electron chi connectivity index (χ1n) is 8.67. The quantitative estimate of drug-likeness (QED) is 0.537. The van der Waals surface area contributed by atoms with Crippen LogP contribution in [0.3, 0.4) is 0 Å². The largest absolute Gasteiger partial charge is 0.467 e. The molecule has 0 spiro atoms. The fraction of sp³-hybridized carbons (Fsp3) is 0.238. The molecule has 1 heterocycles. The third-order valence-electron chi connectivity index (χ3n) is 4.39. The van der Waals surface area contributed by atoms with Crippen molar-refractivity contribution in [3.63, 3.8) is 0 Å². The predicted octanol–water partition coefficient (Wildman–Crippen LogP) is 3.03. The van der Waals surface area contributed by atoms with Gasteiger partial charge in [0.05, 0.1) is 23.7 Å². The number of para-hydroxylation sites is 2. The molecule has 0 saturated carbocycles. The van der Waals surface area contributed by atoms with Gasteiger partial charge in [-0.15, -0.1) is 0 Å². The van der Waals surface area contributed by atoms with Crippen molar-refractivity contribution in [3.8, 4) is 0 Å². The Balaban J connectivity index is 2.05. The van der Waals surface area contributed by atoms with E-state index in [4.69, 9.17) is 4.74 Å². The number of esters is 1. The van der Waals surface area contributed by atoms with Gasteiger partial charge in [0.2, 0.25) is 0 Å². The van der Waals surface area contributed by atoms with Gasteiger partial charge in [-0.3, -0.25) is 4.79 Å². The van der Waals surface area contributed by atoms with E-state index in [1.54, 1.807) is 0 Å². The first-order chi connectivity index (χ1) is 13.0. The zero-order valence-electron chi connectivity index (χ0n) is 15.2. The number of carbonyl (C=O) groups excluding carboxylic acids is 3. The zero-order chi connectivity index (χ0) is 19.4. The summed E-state index contributed by atoms with van der Waals surface area (Å²) < 4.78 is 4.78. The molecule has 138 valence electrons. The highest BCUT2D eigenvalue weighted by Crippen LogP contribution is 2.26. The van der Waals surface area contributed by atoms with Gasteiger partial charge in [0.1, 0.15) is 11.8 Å². The second-order valence-corrected chi connectivity index (χ2v) is 6.31. The molecule has 0 bridgehead atoms. The Labute approximate surface area is 156 Å². The van der Waals surface area contributed by atoms with Crippen molar-refractivity contribution in [2.24, 2.45) is 0 Å². The van der Waals surface area contributed by atoms with Crippen LogP contribution in [0, 0.1) is 0 Å². The van der Waals surface area contributed by atoms with E-state index in [1.165, 1.54) is 14.0 Å². The lowest BCUT2D eigenvalue weighted by Gasteiger charge is -2.17. The number of ether oxygens (including phenoxy) is 1. The van der Waals surface area contributed by atoms with E-state index in [9.17, 15) is 14.4 Å². The van der Waals surface area contributed by atoms with Crippen LogP contribution in [0.5, 0.6) is 0 Å². The summed E-state index contributed by atoms with van der Waals surface area (Å²) in [5, 5.41) is 4.13. The van der Waals surface area contributed by atoms with Crippen molar-refractivity contribution in [3.05, 3.63) is 54.1 Å². The van der Waals surface area contributed by atoms with Gasteiger partial charge in [-0.2, -0.15) is 0 Å². The number of nitrogens with zero attached hydrogens (tertiary/aromatic N) is 1. The number of aromatic nitrogens is 1. The molecule has 1 aromatic heterocycles. The van der Waals surface area contributed by atoms with Gasteiger partial charge in [-0.1, -0.05) is 36.4 Å². The minimum atomic E-state index is -0.892. The maximum atomic E-state index is 13.1. The third kappa shape index (κ3) is 3.95. The van der Waals surface area contributed by atoms with Crippen molar-refractivity contribution in [1.82, 2.24) is 10.3 Å². The zero-order valence-corrected chi connectivity index (χ0v) is 15.2. The average Bonchev–Trinajstić information content (AvgIpc) is 2.68. The number of hydrogen-bond donors (Lipinski definition) is 1. The van der Waals surface area contributed by atoms with Crippen LogP contribution in [-0.4, -0.2) is 35.8 Å². The van der Waals surface area contributed by atoms with E-state index in [0.29, 0.717) is 27.4 Å². The molecule has 27 heavy (non-hydrogen) atoms. The summed E-state index contributed by atoms with van der Waals surface area (Å²) in [6.45, 7) is 1.44. The van der Waals surface area contributed by atoms with Crippen LogP contribution in [0.15, 0.2) is 48.5 Å². The molecular weight excluding hydrogens is 344 g/mol. The topological polar surface area (TPSA) is 85.4 Å². The molecule has 1 atom stereocenters. The maximum absolute atomic E-state index is 13.1. The summed E-state index contributed by atoms with van der Waals surface area (Å²) in [6, 6.07) is 13.8. The summed E-state index contributed by atoms with van der Waals surface area (Å²) in [7, 11) is 1.26. The highest BCUT2D eigenvalue weighted by atomic mass is 16.5. The Morgan fingerprint density at radius 2 is 1.56 bits per heavy atom. The molecule has 3 aromatic rings. The molecule has 0 aliphatic carbocycles. The molecule has 6 nitrogen and oxygen atoms in total. The molecule has 0 aliphatic rings. The lowest BCUT2D eigenvalue weighted by molar-refractivity contribution is -0.143. The van der Waals surface area contributed by atoms with Crippen LogP contribution in [-0.2, 0) is 14.3 Å². The first-order valence-corrected chi connectivity index (χ1v) is 8.67. The smallest absolute Gasteiger partial charge is 0.328 e. The van der Waals surface area contributed by atoms with Crippen molar-refractivity contribution < 1.29 is 19.1 Å². The molecule has 0 unspecified atom stereocenters. The van der Waals surface area contributed by atoms with Crippen LogP contribution in [0.2, 0.25) is 0 Å². The second kappa shape index (κ2) is 7.95. The maximum Gasteiger partial charge on any atom is 0.328 e. The summed E-state index contributed by atoms with van der Waals surface area (Å²) in [5.74, 6) is -1.03. The minimum Gasteiger partial charge on any atom is -0.467 e. The van der Waals surface area contributed by atoms with Crippen molar-refractivity contribution in [2.75, 3.05) is 7.11 Å².